The van der Waals surface area contributed by atoms with Crippen LogP contribution in [0.4, 0.5) is 0 Å². The predicted octanol–water partition coefficient (Wildman–Crippen LogP) is 9.97. The molecule has 0 aliphatic carbocycles. The Morgan fingerprint density at radius 3 is 1.56 bits per heavy atom. The molecule has 2 unspecified atom stereocenters. The Kier molecular flexibility index (Phi) is 26.7. The molecule has 0 aromatic rings. The lowest BCUT2D eigenvalue weighted by molar-refractivity contribution is -0.142. The normalized spacial score (nSPS) is 14.3. The average molecular weight is 577 g/mol. The van der Waals surface area contributed by atoms with Crippen molar-refractivity contribution in [2.75, 3.05) is 19.8 Å². The third kappa shape index (κ3) is 25.8. The lowest BCUT2D eigenvalue weighted by atomic mass is 9.94. The molecule has 0 saturated carbocycles. The summed E-state index contributed by atoms with van der Waals surface area (Å²) in [5, 5.41) is 9.27. The van der Waals surface area contributed by atoms with Crippen LogP contribution in [0, 0.1) is 5.92 Å². The number of hydrogen-bond donors (Lipinski definition) is 2. The lowest BCUT2D eigenvalue weighted by Crippen LogP contribution is -2.12. The van der Waals surface area contributed by atoms with Gasteiger partial charge in [0.1, 0.15) is 0 Å². The molecule has 7 nitrogen and oxygen atoms in total. The van der Waals surface area contributed by atoms with Crippen LogP contribution in [0.3, 0.4) is 0 Å². The number of esters is 1. The van der Waals surface area contributed by atoms with Crippen LogP contribution in [0.2, 0.25) is 0 Å². The van der Waals surface area contributed by atoms with Crippen LogP contribution >= 0.6 is 7.82 Å². The fraction of sp³-hybridized carbons (Fsp3) is 0.903. The number of hydrogen-bond acceptors (Lipinski definition) is 6. The standard InChI is InChI=1S/C31H61O7P/c1-4-7-9-11-13-15-16-18-20-22-25-29(24-21-19-17-14-12-10-8-5-2)28-38-39(34,35)37-27-23-26-36-31(33)30(32)6-3/h6,29,32H,4-5,7-28H2,1-3H3,(H,34,35). The summed E-state index contributed by atoms with van der Waals surface area (Å²) in [5.41, 5.74) is 0. The highest BCUT2D eigenvalue weighted by Gasteiger charge is 2.23. The Morgan fingerprint density at radius 2 is 1.13 bits per heavy atom. The molecule has 232 valence electrons. The molecule has 0 aliphatic rings. The zero-order chi connectivity index (χ0) is 29.0. The molecule has 0 saturated heterocycles. The Hall–Kier alpha value is -0.880. The van der Waals surface area contributed by atoms with Crippen molar-refractivity contribution in [2.45, 2.75) is 156 Å². The molecule has 0 fully saturated rings. The molecule has 0 aliphatic heterocycles. The second-order valence-corrected chi connectivity index (χ2v) is 12.3. The third-order valence-corrected chi connectivity index (χ3v) is 8.15. The zero-order valence-corrected chi connectivity index (χ0v) is 26.4. The van der Waals surface area contributed by atoms with E-state index < -0.39 is 19.6 Å². The summed E-state index contributed by atoms with van der Waals surface area (Å²) >= 11 is 0. The summed E-state index contributed by atoms with van der Waals surface area (Å²) in [4.78, 5) is 21.5. The molecule has 0 heterocycles. The molecule has 0 rings (SSSR count). The smallest absolute Gasteiger partial charge is 0.472 e. The van der Waals surface area contributed by atoms with Crippen molar-refractivity contribution in [1.29, 1.82) is 0 Å². The van der Waals surface area contributed by atoms with Crippen LogP contribution in [0.5, 0.6) is 0 Å². The highest BCUT2D eigenvalue weighted by atomic mass is 31.2. The summed E-state index contributed by atoms with van der Waals surface area (Å²) < 4.78 is 27.7. The first kappa shape index (κ1) is 38.1. The maximum Gasteiger partial charge on any atom is 0.472 e. The molecular formula is C31H61O7P. The molecule has 0 amide bonds. The van der Waals surface area contributed by atoms with Crippen molar-refractivity contribution in [3.63, 3.8) is 0 Å². The third-order valence-electron chi connectivity index (χ3n) is 7.16. The summed E-state index contributed by atoms with van der Waals surface area (Å²) in [6, 6.07) is 0. The van der Waals surface area contributed by atoms with Crippen LogP contribution in [0.15, 0.2) is 11.8 Å². The van der Waals surface area contributed by atoms with Gasteiger partial charge in [-0.05, 0) is 31.8 Å². The van der Waals surface area contributed by atoms with Gasteiger partial charge in [0.2, 0.25) is 0 Å². The molecule has 0 aromatic carbocycles. The van der Waals surface area contributed by atoms with Crippen LogP contribution in [-0.2, 0) is 23.1 Å². The van der Waals surface area contributed by atoms with Gasteiger partial charge in [-0.15, -0.1) is 0 Å². The number of unbranched alkanes of at least 4 members (excludes halogenated alkanes) is 16. The summed E-state index contributed by atoms with van der Waals surface area (Å²) in [6.45, 7) is 6.16. The summed E-state index contributed by atoms with van der Waals surface area (Å²) in [5.74, 6) is -1.03. The monoisotopic (exact) mass is 576 g/mol. The van der Waals surface area contributed by atoms with Gasteiger partial charge in [-0.3, -0.25) is 9.05 Å². The van der Waals surface area contributed by atoms with Gasteiger partial charge in [-0.25, -0.2) is 9.36 Å². The van der Waals surface area contributed by atoms with Crippen LogP contribution in [0.25, 0.3) is 0 Å². The van der Waals surface area contributed by atoms with E-state index in [1.54, 1.807) is 0 Å². The van der Waals surface area contributed by atoms with E-state index in [0.717, 1.165) is 25.7 Å². The Balaban J connectivity index is 4.29. The SMILES string of the molecule is CC=C(O)C(=O)OCCCOP(=O)(O)OCC(CCCCCCCCCC)CCCCCCCCCCCC. The van der Waals surface area contributed by atoms with E-state index in [-0.39, 0.29) is 32.2 Å². The largest absolute Gasteiger partial charge is 0.502 e. The van der Waals surface area contributed by atoms with Gasteiger partial charge in [0.05, 0.1) is 19.8 Å². The van der Waals surface area contributed by atoms with E-state index in [9.17, 15) is 19.4 Å². The minimum absolute atomic E-state index is 0.0173. The van der Waals surface area contributed by atoms with E-state index in [4.69, 9.17) is 13.8 Å². The topological polar surface area (TPSA) is 102 Å². The molecule has 0 bridgehead atoms. The van der Waals surface area contributed by atoms with Gasteiger partial charge in [0.15, 0.2) is 5.76 Å². The van der Waals surface area contributed by atoms with Crippen LogP contribution < -0.4 is 0 Å². The fourth-order valence-electron chi connectivity index (χ4n) is 4.63. The number of ether oxygens (including phenoxy) is 1. The van der Waals surface area contributed by atoms with Crippen LogP contribution in [0.1, 0.15) is 156 Å². The summed E-state index contributed by atoms with van der Waals surface area (Å²) in [7, 11) is -4.16. The number of rotatable bonds is 29. The first-order valence-electron chi connectivity index (χ1n) is 16.0. The molecule has 0 aromatic heterocycles. The molecule has 2 atom stereocenters. The predicted molar refractivity (Wildman–Crippen MR) is 161 cm³/mol. The van der Waals surface area contributed by atoms with Gasteiger partial charge in [0, 0.05) is 6.42 Å². The van der Waals surface area contributed by atoms with Crippen molar-refractivity contribution in [3.05, 3.63) is 11.8 Å². The Morgan fingerprint density at radius 1 is 0.692 bits per heavy atom. The number of phosphoric ester groups is 1. The number of aliphatic hydroxyl groups is 1. The minimum atomic E-state index is -4.16. The number of carbonyl (C=O) groups is 1. The quantitative estimate of drug-likeness (QED) is 0.0300. The molecule has 2 N–H and O–H groups in total. The second kappa shape index (κ2) is 27.3. The summed E-state index contributed by atoms with van der Waals surface area (Å²) in [6.07, 6.45) is 26.6. The highest BCUT2D eigenvalue weighted by Crippen LogP contribution is 2.44. The molecule has 39 heavy (non-hydrogen) atoms. The minimum Gasteiger partial charge on any atom is -0.502 e. The van der Waals surface area contributed by atoms with Gasteiger partial charge in [0.25, 0.3) is 0 Å². The Bertz CT molecular complexity index is 638. The average Bonchev–Trinajstić information content (AvgIpc) is 2.92. The van der Waals surface area contributed by atoms with E-state index in [0.29, 0.717) is 0 Å². The first-order valence-corrected chi connectivity index (χ1v) is 17.5. The van der Waals surface area contributed by atoms with Gasteiger partial charge >= 0.3 is 13.8 Å². The lowest BCUT2D eigenvalue weighted by Gasteiger charge is -2.19. The van der Waals surface area contributed by atoms with Crippen LogP contribution in [-0.4, -0.2) is 35.8 Å². The highest BCUT2D eigenvalue weighted by molar-refractivity contribution is 7.47. The van der Waals surface area contributed by atoms with Crippen molar-refractivity contribution in [2.24, 2.45) is 5.92 Å². The zero-order valence-electron chi connectivity index (χ0n) is 25.5. The van der Waals surface area contributed by atoms with E-state index in [2.05, 4.69) is 13.8 Å². The first-order chi connectivity index (χ1) is 18.9. The maximum atomic E-state index is 12.4. The molecule has 0 spiro atoms. The van der Waals surface area contributed by atoms with Crippen molar-refractivity contribution in [3.8, 4) is 0 Å². The van der Waals surface area contributed by atoms with Gasteiger partial charge in [-0.1, -0.05) is 129 Å². The number of phosphoric acid groups is 1. The second-order valence-electron chi connectivity index (χ2n) is 10.9. The fourth-order valence-corrected chi connectivity index (χ4v) is 5.46. The molecule has 0 radical (unpaired) electrons. The van der Waals surface area contributed by atoms with E-state index in [1.807, 2.05) is 0 Å². The molecule has 8 heteroatoms. The van der Waals surface area contributed by atoms with E-state index in [1.165, 1.54) is 116 Å². The van der Waals surface area contributed by atoms with E-state index >= 15 is 0 Å². The number of carbonyl (C=O) groups excluding carboxylic acids is 1. The Labute approximate surface area is 240 Å². The number of aliphatic hydroxyl groups excluding tert-OH is 1. The van der Waals surface area contributed by atoms with Crippen molar-refractivity contribution >= 4 is 13.8 Å². The maximum absolute atomic E-state index is 12.4. The number of allylic oxidation sites excluding steroid dienone is 1. The van der Waals surface area contributed by atoms with Gasteiger partial charge in [-0.2, -0.15) is 0 Å². The van der Waals surface area contributed by atoms with Crippen molar-refractivity contribution in [1.82, 2.24) is 0 Å². The van der Waals surface area contributed by atoms with Crippen molar-refractivity contribution < 1.29 is 33.1 Å². The molecular weight excluding hydrogens is 515 g/mol. The van der Waals surface area contributed by atoms with Gasteiger partial charge < -0.3 is 14.7 Å².